The van der Waals surface area contributed by atoms with Crippen molar-refractivity contribution in [3.8, 4) is 5.69 Å². The highest BCUT2D eigenvalue weighted by molar-refractivity contribution is 7.14. The lowest BCUT2D eigenvalue weighted by atomic mass is 10.3. The third kappa shape index (κ3) is 3.51. The van der Waals surface area contributed by atoms with E-state index in [4.69, 9.17) is 4.74 Å². The first-order chi connectivity index (χ1) is 11.1. The van der Waals surface area contributed by atoms with Gasteiger partial charge in [0.2, 0.25) is 5.78 Å². The summed E-state index contributed by atoms with van der Waals surface area (Å²) < 4.78 is 5.01. The number of aromatic nitrogens is 3. The summed E-state index contributed by atoms with van der Waals surface area (Å²) in [6.45, 7) is 1.60. The quantitative estimate of drug-likeness (QED) is 0.532. The summed E-state index contributed by atoms with van der Waals surface area (Å²) in [6, 6.07) is 12.8. The molecule has 1 aromatic carbocycles. The van der Waals surface area contributed by atoms with Crippen molar-refractivity contribution < 1.29 is 14.3 Å². The summed E-state index contributed by atoms with van der Waals surface area (Å²) in [5, 5.41) is 8.08. The molecule has 0 bridgehead atoms. The summed E-state index contributed by atoms with van der Waals surface area (Å²) in [7, 11) is 0. The number of benzene rings is 1. The first kappa shape index (κ1) is 15.1. The molecule has 0 fully saturated rings. The van der Waals surface area contributed by atoms with E-state index in [0.29, 0.717) is 4.88 Å². The lowest BCUT2D eigenvalue weighted by Gasteiger charge is -2.00. The standard InChI is InChI=1S/C16H13N3O3S/c1-11-7-8-15(23-11)14(20)10-22-16(21)13-9-17-19(18-13)12-5-3-2-4-6-12/h2-9H,10H2,1H3. The largest absolute Gasteiger partial charge is 0.452 e. The van der Waals surface area contributed by atoms with E-state index in [2.05, 4.69) is 10.2 Å². The van der Waals surface area contributed by atoms with Crippen molar-refractivity contribution in [2.24, 2.45) is 0 Å². The molecule has 2 heterocycles. The Bertz CT molecular complexity index is 839. The minimum absolute atomic E-state index is 0.0593. The number of thiophene rings is 1. The lowest BCUT2D eigenvalue weighted by molar-refractivity contribution is 0.0469. The van der Waals surface area contributed by atoms with Gasteiger partial charge >= 0.3 is 5.97 Å². The number of hydrogen-bond donors (Lipinski definition) is 0. The molecule has 0 aliphatic heterocycles. The zero-order chi connectivity index (χ0) is 16.2. The van der Waals surface area contributed by atoms with Gasteiger partial charge in [-0.3, -0.25) is 4.79 Å². The average molecular weight is 327 g/mol. The average Bonchev–Trinajstić information content (AvgIpc) is 3.22. The molecule has 2 aromatic heterocycles. The molecule has 0 aliphatic carbocycles. The molecule has 0 aliphatic rings. The van der Waals surface area contributed by atoms with Crippen molar-refractivity contribution >= 4 is 23.1 Å². The van der Waals surface area contributed by atoms with Crippen molar-refractivity contribution in [2.45, 2.75) is 6.92 Å². The zero-order valence-corrected chi connectivity index (χ0v) is 13.1. The van der Waals surface area contributed by atoms with Crippen LogP contribution in [0.5, 0.6) is 0 Å². The van der Waals surface area contributed by atoms with Gasteiger partial charge in [0.15, 0.2) is 12.3 Å². The van der Waals surface area contributed by atoms with E-state index in [0.717, 1.165) is 10.6 Å². The van der Waals surface area contributed by atoms with Crippen LogP contribution in [-0.2, 0) is 4.74 Å². The van der Waals surface area contributed by atoms with Crippen LogP contribution < -0.4 is 0 Å². The maximum Gasteiger partial charge on any atom is 0.361 e. The molecule has 0 atom stereocenters. The summed E-state index contributed by atoms with van der Waals surface area (Å²) in [6.07, 6.45) is 1.31. The number of aryl methyl sites for hydroxylation is 1. The van der Waals surface area contributed by atoms with E-state index in [1.165, 1.54) is 22.3 Å². The fraction of sp³-hybridized carbons (Fsp3) is 0.125. The molecular weight excluding hydrogens is 314 g/mol. The Balaban J connectivity index is 1.63. The monoisotopic (exact) mass is 327 g/mol. The molecular formula is C16H13N3O3S. The molecule has 6 nitrogen and oxygen atoms in total. The molecule has 0 amide bonds. The number of nitrogens with zero attached hydrogens (tertiary/aromatic N) is 3. The highest BCUT2D eigenvalue weighted by atomic mass is 32.1. The van der Waals surface area contributed by atoms with Crippen LogP contribution in [0.4, 0.5) is 0 Å². The maximum atomic E-state index is 11.9. The minimum atomic E-state index is -0.672. The summed E-state index contributed by atoms with van der Waals surface area (Å²) in [4.78, 5) is 26.8. The first-order valence-corrected chi connectivity index (χ1v) is 7.69. The fourth-order valence-corrected chi connectivity index (χ4v) is 2.69. The van der Waals surface area contributed by atoms with Crippen LogP contribution >= 0.6 is 11.3 Å². The maximum absolute atomic E-state index is 11.9. The van der Waals surface area contributed by atoms with Gasteiger partial charge in [-0.05, 0) is 31.2 Å². The topological polar surface area (TPSA) is 74.1 Å². The van der Waals surface area contributed by atoms with Crippen LogP contribution in [-0.4, -0.2) is 33.4 Å². The van der Waals surface area contributed by atoms with Crippen LogP contribution in [0.15, 0.2) is 48.7 Å². The van der Waals surface area contributed by atoms with Gasteiger partial charge in [0.25, 0.3) is 0 Å². The number of hydrogen-bond acceptors (Lipinski definition) is 6. The predicted octanol–water partition coefficient (Wildman–Crippen LogP) is 2.68. The van der Waals surface area contributed by atoms with Gasteiger partial charge in [-0.15, -0.1) is 16.4 Å². The predicted molar refractivity (Wildman–Crippen MR) is 85.0 cm³/mol. The molecule has 0 radical (unpaired) electrons. The summed E-state index contributed by atoms with van der Waals surface area (Å²) in [5.74, 6) is -0.902. The summed E-state index contributed by atoms with van der Waals surface area (Å²) in [5.41, 5.74) is 0.792. The van der Waals surface area contributed by atoms with E-state index in [-0.39, 0.29) is 18.1 Å². The van der Waals surface area contributed by atoms with Gasteiger partial charge < -0.3 is 4.74 Å². The van der Waals surface area contributed by atoms with Crippen molar-refractivity contribution in [3.05, 3.63) is 64.1 Å². The van der Waals surface area contributed by atoms with Crippen LogP contribution in [0, 0.1) is 6.92 Å². The molecule has 0 N–H and O–H groups in total. The Morgan fingerprint density at radius 2 is 1.96 bits per heavy atom. The molecule has 3 rings (SSSR count). The van der Waals surface area contributed by atoms with Gasteiger partial charge in [-0.2, -0.15) is 9.90 Å². The van der Waals surface area contributed by atoms with Gasteiger partial charge in [0.1, 0.15) is 0 Å². The smallest absolute Gasteiger partial charge is 0.361 e. The van der Waals surface area contributed by atoms with Gasteiger partial charge in [0.05, 0.1) is 16.8 Å². The van der Waals surface area contributed by atoms with E-state index in [9.17, 15) is 9.59 Å². The lowest BCUT2D eigenvalue weighted by Crippen LogP contribution is -2.14. The second-order valence-corrected chi connectivity index (χ2v) is 6.05. The Morgan fingerprint density at radius 3 is 2.65 bits per heavy atom. The third-order valence-corrected chi connectivity index (χ3v) is 4.08. The first-order valence-electron chi connectivity index (χ1n) is 6.88. The highest BCUT2D eigenvalue weighted by Gasteiger charge is 2.16. The van der Waals surface area contributed by atoms with E-state index in [1.54, 1.807) is 6.07 Å². The summed E-state index contributed by atoms with van der Waals surface area (Å²) >= 11 is 1.37. The van der Waals surface area contributed by atoms with E-state index >= 15 is 0 Å². The van der Waals surface area contributed by atoms with Gasteiger partial charge in [-0.25, -0.2) is 4.79 Å². The third-order valence-electron chi connectivity index (χ3n) is 3.04. The number of ketones is 1. The van der Waals surface area contributed by atoms with E-state index in [1.807, 2.05) is 43.3 Å². The molecule has 0 saturated heterocycles. The second kappa shape index (κ2) is 6.53. The van der Waals surface area contributed by atoms with Crippen molar-refractivity contribution in [2.75, 3.05) is 6.61 Å². The molecule has 7 heteroatoms. The fourth-order valence-electron chi connectivity index (χ4n) is 1.90. The molecule has 116 valence electrons. The number of rotatable bonds is 5. The van der Waals surface area contributed by atoms with Gasteiger partial charge in [0, 0.05) is 4.88 Å². The Hall–Kier alpha value is -2.80. The molecule has 0 saturated carbocycles. The molecule has 3 aromatic rings. The number of carbonyl (C=O) groups is 2. The normalized spacial score (nSPS) is 10.5. The molecule has 0 unspecified atom stereocenters. The number of carbonyl (C=O) groups excluding carboxylic acids is 2. The number of para-hydroxylation sites is 1. The molecule has 0 spiro atoms. The van der Waals surface area contributed by atoms with Crippen molar-refractivity contribution in [1.29, 1.82) is 0 Å². The zero-order valence-electron chi connectivity index (χ0n) is 12.3. The number of Topliss-reactive ketones (excluding diaryl/α,β-unsaturated/α-hetero) is 1. The van der Waals surface area contributed by atoms with Crippen LogP contribution in [0.2, 0.25) is 0 Å². The minimum Gasteiger partial charge on any atom is -0.452 e. The van der Waals surface area contributed by atoms with E-state index < -0.39 is 5.97 Å². The SMILES string of the molecule is Cc1ccc(C(=O)COC(=O)c2cnn(-c3ccccc3)n2)s1. The Morgan fingerprint density at radius 1 is 1.17 bits per heavy atom. The number of ether oxygens (including phenoxy) is 1. The Kier molecular flexibility index (Phi) is 4.29. The number of esters is 1. The molecule has 23 heavy (non-hydrogen) atoms. The van der Waals surface area contributed by atoms with Crippen LogP contribution in [0.3, 0.4) is 0 Å². The van der Waals surface area contributed by atoms with Crippen LogP contribution in [0.1, 0.15) is 25.0 Å². The highest BCUT2D eigenvalue weighted by Crippen LogP contribution is 2.15. The Labute approximate surface area is 136 Å². The second-order valence-electron chi connectivity index (χ2n) is 4.76. The van der Waals surface area contributed by atoms with Crippen LogP contribution in [0.25, 0.3) is 5.69 Å². The van der Waals surface area contributed by atoms with Gasteiger partial charge in [-0.1, -0.05) is 18.2 Å². The van der Waals surface area contributed by atoms with Crippen molar-refractivity contribution in [1.82, 2.24) is 15.0 Å². The van der Waals surface area contributed by atoms with Crippen molar-refractivity contribution in [3.63, 3.8) is 0 Å².